The summed E-state index contributed by atoms with van der Waals surface area (Å²) in [4.78, 5) is 12.8. The molecule has 0 aliphatic heterocycles. The minimum atomic E-state index is 0.0727. The van der Waals surface area contributed by atoms with Gasteiger partial charge in [-0.15, -0.1) is 0 Å². The lowest BCUT2D eigenvalue weighted by molar-refractivity contribution is -0.134. The van der Waals surface area contributed by atoms with Crippen molar-refractivity contribution in [3.05, 3.63) is 23.8 Å². The van der Waals surface area contributed by atoms with E-state index in [1.165, 1.54) is 51.4 Å². The van der Waals surface area contributed by atoms with Crippen LogP contribution in [0.4, 0.5) is 0 Å². The van der Waals surface area contributed by atoms with E-state index in [9.17, 15) is 4.79 Å². The number of ketones is 1. The smallest absolute Gasteiger partial charge is 0.139 e. The number of hydrogen-bond acceptors (Lipinski definition) is 1. The van der Waals surface area contributed by atoms with Crippen molar-refractivity contribution in [3.63, 3.8) is 0 Å². The lowest BCUT2D eigenvalue weighted by Crippen LogP contribution is -2.52. The van der Waals surface area contributed by atoms with Gasteiger partial charge in [0.25, 0.3) is 0 Å². The van der Waals surface area contributed by atoms with Crippen LogP contribution in [-0.4, -0.2) is 5.78 Å². The van der Waals surface area contributed by atoms with Gasteiger partial charge in [0.2, 0.25) is 0 Å². The summed E-state index contributed by atoms with van der Waals surface area (Å²) in [7, 11) is 0. The van der Waals surface area contributed by atoms with Gasteiger partial charge >= 0.3 is 0 Å². The summed E-state index contributed by atoms with van der Waals surface area (Å²) < 4.78 is 0. The van der Waals surface area contributed by atoms with E-state index >= 15 is 0 Å². The van der Waals surface area contributed by atoms with Crippen LogP contribution in [0.2, 0.25) is 0 Å². The molecule has 7 aliphatic carbocycles. The van der Waals surface area contributed by atoms with Crippen LogP contribution in [0.1, 0.15) is 64.7 Å². The second-order valence-corrected chi connectivity index (χ2v) is 8.78. The quantitative estimate of drug-likeness (QED) is 0.660. The number of carbonyl (C=O) groups excluding carboxylic acids is 1. The highest BCUT2D eigenvalue weighted by molar-refractivity contribution is 5.87. The lowest BCUT2D eigenvalue weighted by atomic mass is 9.45. The van der Waals surface area contributed by atoms with Crippen molar-refractivity contribution in [1.82, 2.24) is 0 Å². The third kappa shape index (κ3) is 1.44. The van der Waals surface area contributed by atoms with E-state index in [4.69, 9.17) is 0 Å². The lowest BCUT2D eigenvalue weighted by Gasteiger charge is -2.58. The number of carbonyl (C=O) groups is 1. The Balaban J connectivity index is 1.72. The summed E-state index contributed by atoms with van der Waals surface area (Å²) in [6.45, 7) is 2.41. The highest BCUT2D eigenvalue weighted by Gasteiger charge is 2.61. The molecular weight excluding hydrogens is 268 g/mol. The molecule has 6 atom stereocenters. The Kier molecular flexibility index (Phi) is 2.69. The van der Waals surface area contributed by atoms with E-state index in [-0.39, 0.29) is 5.41 Å². The van der Waals surface area contributed by atoms with Crippen LogP contribution in [0.15, 0.2) is 23.8 Å². The van der Waals surface area contributed by atoms with Crippen molar-refractivity contribution in [1.29, 1.82) is 0 Å². The Bertz CT molecular complexity index is 585. The third-order valence-corrected chi connectivity index (χ3v) is 8.53. The maximum absolute atomic E-state index is 12.8. The van der Waals surface area contributed by atoms with Gasteiger partial charge in [0.05, 0.1) is 0 Å². The predicted octanol–water partition coefficient (Wildman–Crippen LogP) is 5.07. The van der Waals surface area contributed by atoms with Crippen molar-refractivity contribution < 1.29 is 4.79 Å². The fourth-order valence-corrected chi connectivity index (χ4v) is 7.39. The molecule has 0 aromatic rings. The zero-order valence-corrected chi connectivity index (χ0v) is 13.8. The van der Waals surface area contributed by atoms with Gasteiger partial charge in [-0.3, -0.25) is 4.79 Å². The molecule has 0 saturated heterocycles. The fraction of sp³-hybridized carbons (Fsp3) is 0.762. The van der Waals surface area contributed by atoms with Gasteiger partial charge in [-0.25, -0.2) is 0 Å². The van der Waals surface area contributed by atoms with Crippen LogP contribution in [0.3, 0.4) is 0 Å². The molecule has 6 bridgehead atoms. The van der Waals surface area contributed by atoms with Gasteiger partial charge < -0.3 is 0 Å². The van der Waals surface area contributed by atoms with Crippen molar-refractivity contribution >= 4 is 5.78 Å². The van der Waals surface area contributed by atoms with E-state index in [2.05, 4.69) is 25.2 Å². The standard InChI is InChI=1S/C21H28O/c1-2-20-10-7-14-8-11-21-12-9-18(20)16(4-3-15(20)13-14)17(21)5-6-19(21)22/h3-4,13-14,16-18H,2,5-12H2,1H3/t14?,16-,17-,18-,20-,21-/m0/s1. The minimum absolute atomic E-state index is 0.0727. The van der Waals surface area contributed by atoms with Crippen molar-refractivity contribution in [3.8, 4) is 0 Å². The van der Waals surface area contributed by atoms with Crippen LogP contribution in [0.25, 0.3) is 0 Å². The van der Waals surface area contributed by atoms with Gasteiger partial charge in [-0.1, -0.05) is 25.2 Å². The average Bonchev–Trinajstić information content (AvgIpc) is 2.90. The van der Waals surface area contributed by atoms with Crippen LogP contribution < -0.4 is 0 Å². The van der Waals surface area contributed by atoms with Gasteiger partial charge in [-0.2, -0.15) is 0 Å². The summed E-state index contributed by atoms with van der Waals surface area (Å²) in [5.74, 6) is 3.53. The minimum Gasteiger partial charge on any atom is -0.299 e. The molecule has 1 spiro atoms. The molecule has 7 aliphatic rings. The molecule has 0 aromatic carbocycles. The summed E-state index contributed by atoms with van der Waals surface area (Å²) in [5, 5.41) is 0. The first kappa shape index (κ1) is 13.6. The molecule has 0 N–H and O–H groups in total. The number of hydrogen-bond donors (Lipinski definition) is 0. The Morgan fingerprint density at radius 1 is 1.09 bits per heavy atom. The molecule has 7 rings (SSSR count). The molecule has 1 nitrogen and oxygen atoms in total. The second-order valence-electron chi connectivity index (χ2n) is 8.78. The van der Waals surface area contributed by atoms with Gasteiger partial charge in [0, 0.05) is 11.8 Å². The predicted molar refractivity (Wildman–Crippen MR) is 88.3 cm³/mol. The molecule has 0 radical (unpaired) electrons. The van der Waals surface area contributed by atoms with E-state index in [0.29, 0.717) is 23.0 Å². The first-order valence-corrected chi connectivity index (χ1v) is 9.63. The number of rotatable bonds is 1. The van der Waals surface area contributed by atoms with Crippen LogP contribution in [0.5, 0.6) is 0 Å². The Hall–Kier alpha value is -0.850. The van der Waals surface area contributed by atoms with Gasteiger partial charge in [0.15, 0.2) is 0 Å². The van der Waals surface area contributed by atoms with Crippen molar-refractivity contribution in [2.75, 3.05) is 0 Å². The van der Waals surface area contributed by atoms with Crippen molar-refractivity contribution in [2.45, 2.75) is 64.7 Å². The Morgan fingerprint density at radius 2 is 1.91 bits per heavy atom. The molecule has 118 valence electrons. The molecule has 1 unspecified atom stereocenters. The highest BCUT2D eigenvalue weighted by Crippen LogP contribution is 2.66. The van der Waals surface area contributed by atoms with E-state index in [0.717, 1.165) is 18.3 Å². The SMILES string of the molecule is CC[C@]12CCC3C=C1C=C[C@H]1[C@@H]4CCC(=O)[C@@]4(CC3)CC[C@@H]12. The summed E-state index contributed by atoms with van der Waals surface area (Å²) in [6.07, 6.45) is 18.7. The molecule has 0 amide bonds. The molecular formula is C21H28O. The molecule has 3 saturated carbocycles. The monoisotopic (exact) mass is 296 g/mol. The number of Topliss-reactive ketones (excluding diaryl/α,β-unsaturated/α-hetero) is 1. The fourth-order valence-electron chi connectivity index (χ4n) is 7.39. The van der Waals surface area contributed by atoms with Crippen LogP contribution in [0, 0.1) is 34.5 Å². The average molecular weight is 296 g/mol. The topological polar surface area (TPSA) is 17.1 Å². The maximum atomic E-state index is 12.8. The van der Waals surface area contributed by atoms with Gasteiger partial charge in [0.1, 0.15) is 5.78 Å². The van der Waals surface area contributed by atoms with Crippen LogP contribution >= 0.6 is 0 Å². The van der Waals surface area contributed by atoms with Crippen molar-refractivity contribution in [2.24, 2.45) is 34.5 Å². The second kappa shape index (κ2) is 4.36. The van der Waals surface area contributed by atoms with E-state index in [1.807, 2.05) is 0 Å². The summed E-state index contributed by atoms with van der Waals surface area (Å²) >= 11 is 0. The first-order valence-electron chi connectivity index (χ1n) is 9.63. The zero-order valence-electron chi connectivity index (χ0n) is 13.8. The Labute approximate surface area is 134 Å². The van der Waals surface area contributed by atoms with Gasteiger partial charge in [-0.05, 0) is 86.0 Å². The van der Waals surface area contributed by atoms with E-state index in [1.54, 1.807) is 5.57 Å². The summed E-state index contributed by atoms with van der Waals surface area (Å²) in [6, 6.07) is 0. The first-order chi connectivity index (χ1) is 10.7. The van der Waals surface area contributed by atoms with E-state index < -0.39 is 0 Å². The summed E-state index contributed by atoms with van der Waals surface area (Å²) in [5.41, 5.74) is 2.19. The third-order valence-electron chi connectivity index (χ3n) is 8.53. The molecule has 0 aromatic heterocycles. The maximum Gasteiger partial charge on any atom is 0.139 e. The Morgan fingerprint density at radius 3 is 2.77 bits per heavy atom. The molecule has 0 heterocycles. The molecule has 3 fully saturated rings. The zero-order chi connectivity index (χ0) is 14.9. The highest BCUT2D eigenvalue weighted by atomic mass is 16.1. The molecule has 22 heavy (non-hydrogen) atoms. The van der Waals surface area contributed by atoms with Crippen LogP contribution in [-0.2, 0) is 4.79 Å². The normalized spacial score (nSPS) is 52.0. The largest absolute Gasteiger partial charge is 0.299 e. The number of allylic oxidation sites excluding steroid dienone is 4. The number of fused-ring (bicyclic) bond motifs is 1. The molecule has 1 heteroatoms.